The molecule has 2 aromatic heterocycles. The van der Waals surface area contributed by atoms with Crippen molar-refractivity contribution in [3.63, 3.8) is 0 Å². The van der Waals surface area contributed by atoms with E-state index >= 15 is 0 Å². The van der Waals surface area contributed by atoms with Crippen LogP contribution in [0.25, 0.3) is 11.4 Å². The molecule has 2 heterocycles. The molecule has 0 saturated heterocycles. The second-order valence-electron chi connectivity index (χ2n) is 4.85. The molecule has 1 N–H and O–H groups in total. The highest BCUT2D eigenvalue weighted by atomic mass is 32.2. The third kappa shape index (κ3) is 4.37. The molecule has 0 unspecified atom stereocenters. The van der Waals surface area contributed by atoms with Crippen LogP contribution < -0.4 is 4.72 Å². The van der Waals surface area contributed by atoms with Gasteiger partial charge in [0.25, 0.3) is 0 Å². The van der Waals surface area contributed by atoms with E-state index in [1.165, 1.54) is 0 Å². The molecule has 0 radical (unpaired) electrons. The first-order chi connectivity index (χ1) is 10.0. The Morgan fingerprint density at radius 1 is 1.33 bits per heavy atom. The molecule has 6 nitrogen and oxygen atoms in total. The van der Waals surface area contributed by atoms with Crippen molar-refractivity contribution in [1.29, 1.82) is 0 Å². The van der Waals surface area contributed by atoms with E-state index in [2.05, 4.69) is 14.8 Å². The van der Waals surface area contributed by atoms with Crippen molar-refractivity contribution < 1.29 is 8.42 Å². The summed E-state index contributed by atoms with van der Waals surface area (Å²) in [5.74, 6) is 0.156. The molecular formula is C14H20N4O2S. The molecule has 2 rings (SSSR count). The number of sulfonamides is 1. The van der Waals surface area contributed by atoms with Gasteiger partial charge in [-0.3, -0.25) is 9.67 Å². The number of unbranched alkanes of at least 4 members (excludes halogenated alkanes) is 1. The maximum atomic E-state index is 11.8. The van der Waals surface area contributed by atoms with Crippen molar-refractivity contribution in [1.82, 2.24) is 19.5 Å². The minimum Gasteiger partial charge on any atom is -0.266 e. The van der Waals surface area contributed by atoms with Crippen molar-refractivity contribution in [3.8, 4) is 11.4 Å². The number of hydrogen-bond acceptors (Lipinski definition) is 4. The molecule has 114 valence electrons. The highest BCUT2D eigenvalue weighted by Crippen LogP contribution is 2.16. The van der Waals surface area contributed by atoms with Crippen LogP contribution in [-0.2, 0) is 23.6 Å². The van der Waals surface area contributed by atoms with Gasteiger partial charge in [0, 0.05) is 13.2 Å². The number of aryl methyl sites for hydroxylation is 1. The van der Waals surface area contributed by atoms with Gasteiger partial charge in [-0.25, -0.2) is 13.1 Å². The largest absolute Gasteiger partial charge is 0.266 e. The first kappa shape index (κ1) is 15.7. The van der Waals surface area contributed by atoms with Crippen LogP contribution in [0.1, 0.15) is 25.5 Å². The molecule has 0 amide bonds. The second kappa shape index (κ2) is 6.82. The summed E-state index contributed by atoms with van der Waals surface area (Å²) in [5.41, 5.74) is 2.35. The van der Waals surface area contributed by atoms with Gasteiger partial charge in [-0.1, -0.05) is 19.4 Å². The second-order valence-corrected chi connectivity index (χ2v) is 6.78. The van der Waals surface area contributed by atoms with Gasteiger partial charge in [0.1, 0.15) is 0 Å². The molecule has 7 heteroatoms. The smallest absolute Gasteiger partial charge is 0.211 e. The van der Waals surface area contributed by atoms with Gasteiger partial charge in [0.15, 0.2) is 0 Å². The quantitative estimate of drug-likeness (QED) is 0.844. The van der Waals surface area contributed by atoms with Crippen LogP contribution in [0.5, 0.6) is 0 Å². The van der Waals surface area contributed by atoms with Crippen LogP contribution in [0, 0.1) is 0 Å². The Bertz CT molecular complexity index is 680. The molecule has 0 fully saturated rings. The number of hydrogen-bond donors (Lipinski definition) is 1. The Balaban J connectivity index is 2.06. The number of nitrogens with zero attached hydrogens (tertiary/aromatic N) is 3. The van der Waals surface area contributed by atoms with Crippen molar-refractivity contribution in [3.05, 3.63) is 36.2 Å². The highest BCUT2D eigenvalue weighted by Gasteiger charge is 2.12. The lowest BCUT2D eigenvalue weighted by Crippen LogP contribution is -2.26. The summed E-state index contributed by atoms with van der Waals surface area (Å²) in [4.78, 5) is 4.27. The number of aromatic nitrogens is 3. The van der Waals surface area contributed by atoms with Crippen LogP contribution in [-0.4, -0.2) is 28.9 Å². The Hall–Kier alpha value is -1.73. The highest BCUT2D eigenvalue weighted by molar-refractivity contribution is 7.89. The third-order valence-corrected chi connectivity index (χ3v) is 4.51. The predicted octanol–water partition coefficient (Wildman–Crippen LogP) is 1.70. The van der Waals surface area contributed by atoms with E-state index in [-0.39, 0.29) is 12.3 Å². The molecule has 2 aromatic rings. The van der Waals surface area contributed by atoms with Gasteiger partial charge < -0.3 is 0 Å². The molecule has 0 aliphatic carbocycles. The fourth-order valence-electron chi connectivity index (χ4n) is 1.96. The summed E-state index contributed by atoms with van der Waals surface area (Å²) >= 11 is 0. The zero-order valence-electron chi connectivity index (χ0n) is 12.3. The molecule has 0 aliphatic rings. The average Bonchev–Trinajstić information content (AvgIpc) is 2.85. The van der Waals surface area contributed by atoms with Gasteiger partial charge in [0.05, 0.1) is 29.4 Å². The summed E-state index contributed by atoms with van der Waals surface area (Å²) in [6, 6.07) is 7.50. The maximum Gasteiger partial charge on any atom is 0.211 e. The van der Waals surface area contributed by atoms with E-state index in [4.69, 9.17) is 0 Å². The van der Waals surface area contributed by atoms with E-state index in [1.54, 1.807) is 10.9 Å². The summed E-state index contributed by atoms with van der Waals surface area (Å²) < 4.78 is 27.8. The van der Waals surface area contributed by atoms with Crippen LogP contribution in [0.3, 0.4) is 0 Å². The molecule has 0 spiro atoms. The lowest BCUT2D eigenvalue weighted by Gasteiger charge is -2.03. The summed E-state index contributed by atoms with van der Waals surface area (Å²) in [7, 11) is -1.41. The normalized spacial score (nSPS) is 11.7. The minimum absolute atomic E-state index is 0.156. The lowest BCUT2D eigenvalue weighted by atomic mass is 10.2. The molecule has 0 aromatic carbocycles. The first-order valence-electron chi connectivity index (χ1n) is 6.93. The summed E-state index contributed by atoms with van der Waals surface area (Å²) in [6.45, 7) is 2.17. The number of nitrogens with one attached hydrogen (secondary N) is 1. The molecule has 0 aliphatic heterocycles. The molecular weight excluding hydrogens is 288 g/mol. The van der Waals surface area contributed by atoms with Crippen molar-refractivity contribution in [2.24, 2.45) is 7.05 Å². The predicted molar refractivity (Wildman–Crippen MR) is 82.0 cm³/mol. The summed E-state index contributed by atoms with van der Waals surface area (Å²) in [6.07, 6.45) is 3.24. The van der Waals surface area contributed by atoms with Crippen molar-refractivity contribution >= 4 is 10.0 Å². The van der Waals surface area contributed by atoms with Gasteiger partial charge in [-0.05, 0) is 24.6 Å². The molecule has 0 atom stereocenters. The van der Waals surface area contributed by atoms with Crippen molar-refractivity contribution in [2.75, 3.05) is 5.75 Å². The fraction of sp³-hybridized carbons (Fsp3) is 0.429. The average molecular weight is 308 g/mol. The van der Waals surface area contributed by atoms with Crippen LogP contribution >= 0.6 is 0 Å². The monoisotopic (exact) mass is 308 g/mol. The molecule has 0 saturated carbocycles. The number of rotatable bonds is 7. The zero-order valence-corrected chi connectivity index (χ0v) is 13.1. The molecule has 21 heavy (non-hydrogen) atoms. The standard InChI is InChI=1S/C14H20N4O2S/c1-3-4-9-21(19,20)16-11-12-10-14(18(2)17-12)13-7-5-6-8-15-13/h5-8,10,16H,3-4,9,11H2,1-2H3. The van der Waals surface area contributed by atoms with Gasteiger partial charge in [0.2, 0.25) is 10.0 Å². The van der Waals surface area contributed by atoms with Gasteiger partial charge in [-0.2, -0.15) is 5.10 Å². The van der Waals surface area contributed by atoms with E-state index in [9.17, 15) is 8.42 Å². The Labute approximate surface area is 125 Å². The van der Waals surface area contributed by atoms with E-state index in [1.807, 2.05) is 38.2 Å². The van der Waals surface area contributed by atoms with Gasteiger partial charge in [-0.15, -0.1) is 0 Å². The van der Waals surface area contributed by atoms with Gasteiger partial charge >= 0.3 is 0 Å². The Morgan fingerprint density at radius 3 is 2.81 bits per heavy atom. The zero-order chi connectivity index (χ0) is 15.3. The van der Waals surface area contributed by atoms with Crippen LogP contribution in [0.15, 0.2) is 30.5 Å². The van der Waals surface area contributed by atoms with E-state index < -0.39 is 10.0 Å². The molecule has 0 bridgehead atoms. The lowest BCUT2D eigenvalue weighted by molar-refractivity contribution is 0.576. The first-order valence-corrected chi connectivity index (χ1v) is 8.58. The maximum absolute atomic E-state index is 11.8. The Morgan fingerprint density at radius 2 is 2.14 bits per heavy atom. The summed E-state index contributed by atoms with van der Waals surface area (Å²) in [5, 5.41) is 4.32. The van der Waals surface area contributed by atoms with Crippen molar-refractivity contribution in [2.45, 2.75) is 26.3 Å². The number of pyridine rings is 1. The van der Waals surface area contributed by atoms with Crippen LogP contribution in [0.2, 0.25) is 0 Å². The van der Waals surface area contributed by atoms with E-state index in [0.717, 1.165) is 17.8 Å². The third-order valence-electron chi connectivity index (χ3n) is 3.10. The Kier molecular flexibility index (Phi) is 5.08. The SMILES string of the molecule is CCCCS(=O)(=O)NCc1cc(-c2ccccn2)n(C)n1. The minimum atomic E-state index is -3.23. The topological polar surface area (TPSA) is 76.9 Å². The fourth-order valence-corrected chi connectivity index (χ4v) is 3.14. The van der Waals surface area contributed by atoms with Crippen LogP contribution in [0.4, 0.5) is 0 Å². The van der Waals surface area contributed by atoms with E-state index in [0.29, 0.717) is 12.1 Å².